The molecule has 0 spiro atoms. The minimum absolute atomic E-state index is 0.207. The Balaban J connectivity index is 2.30. The molecule has 1 aromatic heterocycles. The maximum atomic E-state index is 11.8. The van der Waals surface area contributed by atoms with E-state index < -0.39 is 0 Å². The van der Waals surface area contributed by atoms with Crippen LogP contribution in [0.2, 0.25) is 0 Å². The Hall–Kier alpha value is -2.54. The molecule has 0 aliphatic rings. The third-order valence-electron chi connectivity index (χ3n) is 2.26. The Morgan fingerprint density at radius 2 is 2.18 bits per heavy atom. The normalized spacial score (nSPS) is 9.59. The van der Waals surface area contributed by atoms with Crippen molar-refractivity contribution >= 4 is 5.91 Å². The number of amides is 1. The van der Waals surface area contributed by atoms with Gasteiger partial charge in [0.1, 0.15) is 5.69 Å². The molecule has 0 atom stereocenters. The van der Waals surface area contributed by atoms with E-state index in [4.69, 9.17) is 6.42 Å². The van der Waals surface area contributed by atoms with Gasteiger partial charge in [0.25, 0.3) is 5.91 Å². The van der Waals surface area contributed by atoms with Crippen molar-refractivity contribution in [2.24, 2.45) is 0 Å². The lowest BCUT2D eigenvalue weighted by Gasteiger charge is -2.07. The SMILES string of the molecule is C#CCNC(=O)c1cncn1-c1ccccc1. The molecule has 0 aliphatic heterocycles. The maximum absolute atomic E-state index is 11.8. The highest BCUT2D eigenvalue weighted by molar-refractivity contribution is 5.93. The highest BCUT2D eigenvalue weighted by Gasteiger charge is 2.11. The lowest BCUT2D eigenvalue weighted by atomic mass is 10.3. The number of imidazole rings is 1. The number of para-hydroxylation sites is 1. The van der Waals surface area contributed by atoms with Gasteiger partial charge in [-0.2, -0.15) is 0 Å². The van der Waals surface area contributed by atoms with Crippen LogP contribution in [-0.4, -0.2) is 22.0 Å². The zero-order valence-corrected chi connectivity index (χ0v) is 9.13. The minimum Gasteiger partial charge on any atom is -0.340 e. The van der Waals surface area contributed by atoms with Gasteiger partial charge in [0.05, 0.1) is 19.1 Å². The molecule has 1 heterocycles. The Morgan fingerprint density at radius 1 is 1.41 bits per heavy atom. The van der Waals surface area contributed by atoms with Crippen molar-refractivity contribution in [1.29, 1.82) is 0 Å². The van der Waals surface area contributed by atoms with Gasteiger partial charge >= 0.3 is 0 Å². The second kappa shape index (κ2) is 4.99. The molecule has 0 aliphatic carbocycles. The van der Waals surface area contributed by atoms with Crippen molar-refractivity contribution in [3.8, 4) is 18.0 Å². The molecule has 0 bridgehead atoms. The van der Waals surface area contributed by atoms with Crippen molar-refractivity contribution in [2.75, 3.05) is 6.54 Å². The molecule has 17 heavy (non-hydrogen) atoms. The topological polar surface area (TPSA) is 46.9 Å². The molecule has 0 saturated heterocycles. The smallest absolute Gasteiger partial charge is 0.270 e. The van der Waals surface area contributed by atoms with Crippen LogP contribution in [0.3, 0.4) is 0 Å². The molecule has 0 unspecified atom stereocenters. The molecule has 84 valence electrons. The van der Waals surface area contributed by atoms with Crippen molar-refractivity contribution in [1.82, 2.24) is 14.9 Å². The Kier molecular flexibility index (Phi) is 3.22. The number of hydrogen-bond donors (Lipinski definition) is 1. The van der Waals surface area contributed by atoms with Crippen molar-refractivity contribution in [2.45, 2.75) is 0 Å². The quantitative estimate of drug-likeness (QED) is 0.799. The van der Waals surface area contributed by atoms with Crippen LogP contribution in [0.4, 0.5) is 0 Å². The average molecular weight is 225 g/mol. The lowest BCUT2D eigenvalue weighted by Crippen LogP contribution is -2.25. The van der Waals surface area contributed by atoms with Gasteiger partial charge in [0.2, 0.25) is 0 Å². The third-order valence-corrected chi connectivity index (χ3v) is 2.26. The number of nitrogens with zero attached hydrogens (tertiary/aromatic N) is 2. The first-order chi connectivity index (χ1) is 8.33. The molecule has 4 nitrogen and oxygen atoms in total. The molecule has 0 fully saturated rings. The molecule has 0 saturated carbocycles. The van der Waals surface area contributed by atoms with Gasteiger partial charge in [-0.15, -0.1) is 6.42 Å². The fraction of sp³-hybridized carbons (Fsp3) is 0.0769. The van der Waals surface area contributed by atoms with Gasteiger partial charge in [0.15, 0.2) is 0 Å². The van der Waals surface area contributed by atoms with Gasteiger partial charge in [-0.05, 0) is 12.1 Å². The summed E-state index contributed by atoms with van der Waals surface area (Å²) in [5.41, 5.74) is 1.35. The highest BCUT2D eigenvalue weighted by atomic mass is 16.1. The van der Waals surface area contributed by atoms with Crippen molar-refractivity contribution in [3.63, 3.8) is 0 Å². The van der Waals surface area contributed by atoms with Gasteiger partial charge in [-0.25, -0.2) is 4.98 Å². The van der Waals surface area contributed by atoms with Gasteiger partial charge < -0.3 is 5.32 Å². The van der Waals surface area contributed by atoms with Crippen molar-refractivity contribution in [3.05, 3.63) is 48.5 Å². The standard InChI is InChI=1S/C13H11N3O/c1-2-8-15-13(17)12-9-14-10-16(12)11-6-4-3-5-7-11/h1,3-7,9-10H,8H2,(H,15,17). The number of carbonyl (C=O) groups is 1. The molecule has 0 radical (unpaired) electrons. The number of terminal acetylenes is 1. The zero-order valence-electron chi connectivity index (χ0n) is 9.13. The summed E-state index contributed by atoms with van der Waals surface area (Å²) in [5, 5.41) is 2.61. The van der Waals surface area contributed by atoms with Crippen LogP contribution in [0.15, 0.2) is 42.9 Å². The average Bonchev–Trinajstić information content (AvgIpc) is 2.86. The van der Waals surface area contributed by atoms with E-state index >= 15 is 0 Å². The van der Waals surface area contributed by atoms with E-state index in [1.54, 1.807) is 10.9 Å². The van der Waals surface area contributed by atoms with Crippen LogP contribution in [0.5, 0.6) is 0 Å². The predicted molar refractivity (Wildman–Crippen MR) is 64.7 cm³/mol. The molecule has 2 aromatic rings. The van der Waals surface area contributed by atoms with Gasteiger partial charge in [0, 0.05) is 5.69 Å². The summed E-state index contributed by atoms with van der Waals surface area (Å²) in [5.74, 6) is 2.13. The number of aromatic nitrogens is 2. The van der Waals surface area contributed by atoms with Crippen LogP contribution in [0.25, 0.3) is 5.69 Å². The molecule has 2 rings (SSSR count). The number of carbonyl (C=O) groups excluding carboxylic acids is 1. The summed E-state index contributed by atoms with van der Waals surface area (Å²) in [6.07, 6.45) is 8.20. The summed E-state index contributed by atoms with van der Waals surface area (Å²) in [4.78, 5) is 15.8. The first-order valence-electron chi connectivity index (χ1n) is 5.12. The van der Waals surface area contributed by atoms with E-state index in [-0.39, 0.29) is 12.5 Å². The molecule has 4 heteroatoms. The Bertz CT molecular complexity index is 552. The van der Waals surface area contributed by atoms with Crippen LogP contribution < -0.4 is 5.32 Å². The van der Waals surface area contributed by atoms with E-state index in [0.29, 0.717) is 5.69 Å². The predicted octanol–water partition coefficient (Wildman–Crippen LogP) is 1.24. The van der Waals surface area contributed by atoms with E-state index in [9.17, 15) is 4.79 Å². The Labute approximate surface area is 99.3 Å². The maximum Gasteiger partial charge on any atom is 0.270 e. The van der Waals surface area contributed by atoms with E-state index in [1.165, 1.54) is 6.20 Å². The summed E-state index contributed by atoms with van der Waals surface area (Å²) in [6, 6.07) is 9.52. The monoisotopic (exact) mass is 225 g/mol. The van der Waals surface area contributed by atoms with E-state index in [1.807, 2.05) is 30.3 Å². The van der Waals surface area contributed by atoms with Crippen LogP contribution in [0, 0.1) is 12.3 Å². The van der Waals surface area contributed by atoms with Crippen molar-refractivity contribution < 1.29 is 4.79 Å². The second-order valence-corrected chi connectivity index (χ2v) is 3.37. The largest absolute Gasteiger partial charge is 0.340 e. The molecule has 1 aromatic carbocycles. The molecule has 1 N–H and O–H groups in total. The number of nitrogens with one attached hydrogen (secondary N) is 1. The first kappa shape index (κ1) is 11.0. The highest BCUT2D eigenvalue weighted by Crippen LogP contribution is 2.10. The van der Waals surface area contributed by atoms with Crippen LogP contribution in [-0.2, 0) is 0 Å². The molecular formula is C13H11N3O. The van der Waals surface area contributed by atoms with E-state index in [0.717, 1.165) is 5.69 Å². The minimum atomic E-state index is -0.232. The summed E-state index contributed by atoms with van der Waals surface area (Å²) in [7, 11) is 0. The Morgan fingerprint density at radius 3 is 2.88 bits per heavy atom. The fourth-order valence-corrected chi connectivity index (χ4v) is 1.48. The summed E-state index contributed by atoms with van der Waals surface area (Å²) in [6.45, 7) is 0.207. The third kappa shape index (κ3) is 2.34. The van der Waals surface area contributed by atoms with Gasteiger partial charge in [-0.3, -0.25) is 9.36 Å². The lowest BCUT2D eigenvalue weighted by molar-refractivity contribution is 0.0952. The van der Waals surface area contributed by atoms with E-state index in [2.05, 4.69) is 16.2 Å². The number of rotatable bonds is 3. The molecular weight excluding hydrogens is 214 g/mol. The number of hydrogen-bond acceptors (Lipinski definition) is 2. The van der Waals surface area contributed by atoms with Crippen LogP contribution in [0.1, 0.15) is 10.5 Å². The second-order valence-electron chi connectivity index (χ2n) is 3.37. The molecule has 1 amide bonds. The van der Waals surface area contributed by atoms with Crippen LogP contribution >= 0.6 is 0 Å². The zero-order chi connectivity index (χ0) is 12.1. The number of benzene rings is 1. The summed E-state index contributed by atoms with van der Waals surface area (Å²) < 4.78 is 1.71. The van der Waals surface area contributed by atoms with Gasteiger partial charge in [-0.1, -0.05) is 24.1 Å². The fourth-order valence-electron chi connectivity index (χ4n) is 1.48. The first-order valence-corrected chi connectivity index (χ1v) is 5.12. The summed E-state index contributed by atoms with van der Waals surface area (Å²) >= 11 is 0.